The second-order valence-corrected chi connectivity index (χ2v) is 7.17. The Morgan fingerprint density at radius 1 is 1.19 bits per heavy atom. The molecule has 5 N–H and O–H groups in total. The Labute approximate surface area is 180 Å². The van der Waals surface area contributed by atoms with Crippen LogP contribution in [-0.2, 0) is 11.2 Å². The van der Waals surface area contributed by atoms with E-state index in [2.05, 4.69) is 25.2 Å². The van der Waals surface area contributed by atoms with E-state index in [-0.39, 0.29) is 11.5 Å². The van der Waals surface area contributed by atoms with Gasteiger partial charge in [-0.05, 0) is 30.7 Å². The van der Waals surface area contributed by atoms with E-state index in [1.54, 1.807) is 18.6 Å². The van der Waals surface area contributed by atoms with Crippen molar-refractivity contribution >= 4 is 23.1 Å². The van der Waals surface area contributed by atoms with Gasteiger partial charge in [0.15, 0.2) is 11.5 Å². The first-order valence-electron chi connectivity index (χ1n) is 10.2. The van der Waals surface area contributed by atoms with Crippen molar-refractivity contribution in [3.05, 3.63) is 60.2 Å². The lowest BCUT2D eigenvalue weighted by Crippen LogP contribution is -2.36. The summed E-state index contributed by atoms with van der Waals surface area (Å²) in [7, 11) is 0. The molecule has 160 valence electrons. The second kappa shape index (κ2) is 9.50. The SMILES string of the molecule is NCCc1cccc(-c2cnc(N)c(C(=O)Nc3cnccc3N3CCOCC3)n2)c1. The topological polar surface area (TPSA) is 132 Å². The van der Waals surface area contributed by atoms with Gasteiger partial charge in [0, 0.05) is 24.8 Å². The highest BCUT2D eigenvalue weighted by Gasteiger charge is 2.19. The number of hydrogen-bond acceptors (Lipinski definition) is 8. The summed E-state index contributed by atoms with van der Waals surface area (Å²) in [4.78, 5) is 28.0. The molecule has 0 unspecified atom stereocenters. The zero-order valence-corrected chi connectivity index (χ0v) is 17.1. The quantitative estimate of drug-likeness (QED) is 0.550. The van der Waals surface area contributed by atoms with E-state index < -0.39 is 5.91 Å². The van der Waals surface area contributed by atoms with Gasteiger partial charge in [-0.1, -0.05) is 18.2 Å². The molecule has 1 fully saturated rings. The van der Waals surface area contributed by atoms with Crippen molar-refractivity contribution in [3.8, 4) is 11.3 Å². The molecule has 3 heterocycles. The Kier molecular flexibility index (Phi) is 6.34. The third-order valence-corrected chi connectivity index (χ3v) is 5.07. The zero-order chi connectivity index (χ0) is 21.6. The maximum Gasteiger partial charge on any atom is 0.278 e. The van der Waals surface area contributed by atoms with Crippen LogP contribution in [0, 0.1) is 0 Å². The Bertz CT molecular complexity index is 1070. The van der Waals surface area contributed by atoms with Gasteiger partial charge in [-0.25, -0.2) is 9.97 Å². The van der Waals surface area contributed by atoms with Gasteiger partial charge in [0.2, 0.25) is 0 Å². The van der Waals surface area contributed by atoms with Crippen molar-refractivity contribution in [1.29, 1.82) is 0 Å². The molecule has 1 aromatic carbocycles. The molecule has 9 heteroatoms. The monoisotopic (exact) mass is 419 g/mol. The molecule has 3 aromatic rings. The van der Waals surface area contributed by atoms with Gasteiger partial charge in [-0.15, -0.1) is 0 Å². The molecule has 0 aliphatic carbocycles. The number of hydrogen-bond donors (Lipinski definition) is 3. The number of aromatic nitrogens is 3. The molecule has 31 heavy (non-hydrogen) atoms. The summed E-state index contributed by atoms with van der Waals surface area (Å²) < 4.78 is 5.42. The summed E-state index contributed by atoms with van der Waals surface area (Å²) in [5.74, 6) is -0.372. The number of pyridine rings is 1. The molecule has 1 amide bonds. The maximum absolute atomic E-state index is 13.0. The molecule has 1 saturated heterocycles. The van der Waals surface area contributed by atoms with E-state index in [0.29, 0.717) is 31.1 Å². The van der Waals surface area contributed by atoms with Gasteiger partial charge in [-0.3, -0.25) is 9.78 Å². The number of nitrogen functional groups attached to an aromatic ring is 1. The standard InChI is InChI=1S/C22H25N7O2/c23-6-4-15-2-1-3-16(12-15)17-14-26-21(24)20(27-17)22(30)28-18-13-25-7-5-19(18)29-8-10-31-11-9-29/h1-3,5,7,12-14H,4,6,8-11,23H2,(H2,24,26)(H,28,30). The van der Waals surface area contributed by atoms with E-state index in [0.717, 1.165) is 36.3 Å². The van der Waals surface area contributed by atoms with Crippen LogP contribution < -0.4 is 21.7 Å². The van der Waals surface area contributed by atoms with Crippen molar-refractivity contribution in [3.63, 3.8) is 0 Å². The predicted octanol–water partition coefficient (Wildman–Crippen LogP) is 1.71. The highest BCUT2D eigenvalue weighted by Crippen LogP contribution is 2.26. The number of rotatable bonds is 6. The van der Waals surface area contributed by atoms with E-state index in [4.69, 9.17) is 16.2 Å². The number of ether oxygens (including phenoxy) is 1. The summed E-state index contributed by atoms with van der Waals surface area (Å²) >= 11 is 0. The lowest BCUT2D eigenvalue weighted by molar-refractivity contribution is 0.102. The summed E-state index contributed by atoms with van der Waals surface area (Å²) in [5, 5.41) is 2.89. The van der Waals surface area contributed by atoms with Crippen LogP contribution in [0.4, 0.5) is 17.2 Å². The molecule has 1 aliphatic heterocycles. The van der Waals surface area contributed by atoms with Crippen molar-refractivity contribution in [2.24, 2.45) is 5.73 Å². The smallest absolute Gasteiger partial charge is 0.278 e. The average molecular weight is 419 g/mol. The van der Waals surface area contributed by atoms with E-state index >= 15 is 0 Å². The molecule has 0 saturated carbocycles. The van der Waals surface area contributed by atoms with E-state index in [9.17, 15) is 4.79 Å². The van der Waals surface area contributed by atoms with Crippen molar-refractivity contribution in [2.75, 3.05) is 48.8 Å². The minimum atomic E-state index is -0.438. The average Bonchev–Trinajstić information content (AvgIpc) is 2.81. The number of morpholine rings is 1. The predicted molar refractivity (Wildman–Crippen MR) is 120 cm³/mol. The van der Waals surface area contributed by atoms with Gasteiger partial charge in [0.25, 0.3) is 5.91 Å². The fourth-order valence-electron chi connectivity index (χ4n) is 3.50. The number of nitrogens with one attached hydrogen (secondary N) is 1. The summed E-state index contributed by atoms with van der Waals surface area (Å²) in [6.07, 6.45) is 5.64. The lowest BCUT2D eigenvalue weighted by Gasteiger charge is -2.30. The van der Waals surface area contributed by atoms with Gasteiger partial charge < -0.3 is 26.4 Å². The highest BCUT2D eigenvalue weighted by molar-refractivity contribution is 6.07. The number of nitrogens with two attached hydrogens (primary N) is 2. The number of carbonyl (C=O) groups is 1. The molecule has 2 aromatic heterocycles. The molecule has 0 spiro atoms. The zero-order valence-electron chi connectivity index (χ0n) is 17.1. The van der Waals surface area contributed by atoms with E-state index in [1.165, 1.54) is 0 Å². The fraction of sp³-hybridized carbons (Fsp3) is 0.273. The molecule has 9 nitrogen and oxygen atoms in total. The van der Waals surface area contributed by atoms with Crippen LogP contribution >= 0.6 is 0 Å². The maximum atomic E-state index is 13.0. The largest absolute Gasteiger partial charge is 0.382 e. The molecule has 0 radical (unpaired) electrons. The van der Waals surface area contributed by atoms with Crippen molar-refractivity contribution < 1.29 is 9.53 Å². The Morgan fingerprint density at radius 3 is 2.84 bits per heavy atom. The minimum absolute atomic E-state index is 0.0659. The van der Waals surface area contributed by atoms with Gasteiger partial charge in [-0.2, -0.15) is 0 Å². The van der Waals surface area contributed by atoms with Crippen molar-refractivity contribution in [1.82, 2.24) is 15.0 Å². The number of carbonyl (C=O) groups excluding carboxylic acids is 1. The number of amides is 1. The highest BCUT2D eigenvalue weighted by atomic mass is 16.5. The van der Waals surface area contributed by atoms with E-state index in [1.807, 2.05) is 30.3 Å². The lowest BCUT2D eigenvalue weighted by atomic mass is 10.1. The molecule has 0 atom stereocenters. The first-order valence-corrected chi connectivity index (χ1v) is 10.2. The van der Waals surface area contributed by atoms with Crippen LogP contribution in [0.25, 0.3) is 11.3 Å². The van der Waals surface area contributed by atoms with Crippen molar-refractivity contribution in [2.45, 2.75) is 6.42 Å². The Balaban J connectivity index is 1.60. The van der Waals surface area contributed by atoms with Gasteiger partial charge in [0.1, 0.15) is 0 Å². The first kappa shape index (κ1) is 20.7. The van der Waals surface area contributed by atoms with Crippen LogP contribution in [-0.4, -0.2) is 53.7 Å². The molecular formula is C22H25N7O2. The van der Waals surface area contributed by atoms with Crippen LogP contribution in [0.1, 0.15) is 16.1 Å². The molecular weight excluding hydrogens is 394 g/mol. The number of anilines is 3. The number of nitrogens with zero attached hydrogens (tertiary/aromatic N) is 4. The van der Waals surface area contributed by atoms with Crippen LogP contribution in [0.3, 0.4) is 0 Å². The second-order valence-electron chi connectivity index (χ2n) is 7.17. The fourth-order valence-corrected chi connectivity index (χ4v) is 3.50. The Hall–Kier alpha value is -3.56. The first-order chi connectivity index (χ1) is 15.2. The summed E-state index contributed by atoms with van der Waals surface area (Å²) in [6.45, 7) is 3.31. The summed E-state index contributed by atoms with van der Waals surface area (Å²) in [5.41, 5.74) is 15.7. The molecule has 4 rings (SSSR count). The normalized spacial score (nSPS) is 13.8. The third-order valence-electron chi connectivity index (χ3n) is 5.07. The molecule has 0 bridgehead atoms. The van der Waals surface area contributed by atoms with Crippen LogP contribution in [0.15, 0.2) is 48.9 Å². The Morgan fingerprint density at radius 2 is 2.03 bits per heavy atom. The van der Waals surface area contributed by atoms with Gasteiger partial charge >= 0.3 is 0 Å². The third kappa shape index (κ3) is 4.79. The molecule has 1 aliphatic rings. The van der Waals surface area contributed by atoms with Gasteiger partial charge in [0.05, 0.1) is 42.7 Å². The summed E-state index contributed by atoms with van der Waals surface area (Å²) in [6, 6.07) is 9.72. The number of benzene rings is 1. The van der Waals surface area contributed by atoms with Crippen LogP contribution in [0.5, 0.6) is 0 Å². The minimum Gasteiger partial charge on any atom is -0.382 e. The van der Waals surface area contributed by atoms with Crippen LogP contribution in [0.2, 0.25) is 0 Å².